The molecule has 1 fully saturated rings. The van der Waals surface area contributed by atoms with Gasteiger partial charge in [0.1, 0.15) is 0 Å². The first-order chi connectivity index (χ1) is 9.55. The van der Waals surface area contributed by atoms with E-state index in [1.165, 1.54) is 0 Å². The van der Waals surface area contributed by atoms with Crippen LogP contribution in [-0.4, -0.2) is 55.5 Å². The number of benzene rings is 1. The summed E-state index contributed by atoms with van der Waals surface area (Å²) >= 11 is 0. The predicted molar refractivity (Wildman–Crippen MR) is 75.0 cm³/mol. The number of carboxylic acid groups (broad SMARTS) is 1. The second kappa shape index (κ2) is 6.35. The molecular weight excluding hydrogens is 258 g/mol. The molecule has 0 amide bonds. The second-order valence-electron chi connectivity index (χ2n) is 5.19. The fourth-order valence-electron chi connectivity index (χ4n) is 2.65. The molecule has 110 valence electrons. The molecule has 1 N–H and O–H groups in total. The molecule has 0 bridgehead atoms. The molecule has 1 aliphatic heterocycles. The predicted octanol–water partition coefficient (Wildman–Crippen LogP) is 1.54. The van der Waals surface area contributed by atoms with Gasteiger partial charge in [-0.1, -0.05) is 6.07 Å². The fourth-order valence-corrected chi connectivity index (χ4v) is 2.65. The molecule has 0 aliphatic carbocycles. The van der Waals surface area contributed by atoms with Crippen LogP contribution in [0.25, 0.3) is 0 Å². The second-order valence-corrected chi connectivity index (χ2v) is 5.19. The first-order valence-electron chi connectivity index (χ1n) is 6.66. The highest BCUT2D eigenvalue weighted by Crippen LogP contribution is 2.20. The number of hydrogen-bond donors (Lipinski definition) is 1. The van der Waals surface area contributed by atoms with E-state index in [2.05, 4.69) is 4.90 Å². The lowest BCUT2D eigenvalue weighted by atomic mass is 10.0. The van der Waals surface area contributed by atoms with Gasteiger partial charge in [0, 0.05) is 33.9 Å². The third-order valence-electron chi connectivity index (χ3n) is 3.88. The Hall–Kier alpha value is -1.43. The molecular formula is C15H21NO4. The van der Waals surface area contributed by atoms with Crippen LogP contribution in [-0.2, 0) is 16.0 Å². The molecule has 1 saturated heterocycles. The summed E-state index contributed by atoms with van der Waals surface area (Å²) in [6, 6.07) is 5.26. The molecule has 0 aromatic heterocycles. The summed E-state index contributed by atoms with van der Waals surface area (Å²) in [6.07, 6.45) is 0.192. The number of hydrogen-bond acceptors (Lipinski definition) is 4. The van der Waals surface area contributed by atoms with E-state index in [1.807, 2.05) is 13.0 Å². The van der Waals surface area contributed by atoms with Crippen LogP contribution in [0.5, 0.6) is 0 Å². The molecule has 0 radical (unpaired) electrons. The quantitative estimate of drug-likeness (QED) is 0.886. The van der Waals surface area contributed by atoms with Crippen molar-refractivity contribution in [2.75, 3.05) is 27.3 Å². The van der Waals surface area contributed by atoms with Gasteiger partial charge in [-0.25, -0.2) is 4.79 Å². The Balaban J connectivity index is 2.06. The Labute approximate surface area is 119 Å². The monoisotopic (exact) mass is 279 g/mol. The van der Waals surface area contributed by atoms with E-state index in [4.69, 9.17) is 14.6 Å². The molecule has 5 heteroatoms. The first-order valence-corrected chi connectivity index (χ1v) is 6.66. The van der Waals surface area contributed by atoms with E-state index in [0.29, 0.717) is 5.56 Å². The van der Waals surface area contributed by atoms with Gasteiger partial charge in [0.25, 0.3) is 0 Å². The zero-order chi connectivity index (χ0) is 14.7. The minimum atomic E-state index is -0.889. The molecule has 2 rings (SSSR count). The van der Waals surface area contributed by atoms with Crippen LogP contribution in [0.3, 0.4) is 0 Å². The maximum atomic E-state index is 10.9. The molecule has 1 heterocycles. The van der Waals surface area contributed by atoms with Gasteiger partial charge in [-0.2, -0.15) is 0 Å². The van der Waals surface area contributed by atoms with E-state index in [0.717, 1.165) is 30.8 Å². The highest BCUT2D eigenvalue weighted by molar-refractivity contribution is 5.87. The molecule has 1 aromatic rings. The maximum Gasteiger partial charge on any atom is 0.335 e. The van der Waals surface area contributed by atoms with Crippen molar-refractivity contribution in [1.29, 1.82) is 0 Å². The third kappa shape index (κ3) is 3.17. The van der Waals surface area contributed by atoms with Crippen molar-refractivity contribution in [3.8, 4) is 0 Å². The largest absolute Gasteiger partial charge is 0.478 e. The first kappa shape index (κ1) is 15.0. The molecule has 5 nitrogen and oxygen atoms in total. The number of aryl methyl sites for hydroxylation is 1. The number of rotatable bonds is 5. The van der Waals surface area contributed by atoms with Gasteiger partial charge in [0.15, 0.2) is 0 Å². The van der Waals surface area contributed by atoms with Gasteiger partial charge in [-0.3, -0.25) is 4.90 Å². The summed E-state index contributed by atoms with van der Waals surface area (Å²) in [5.41, 5.74) is 2.47. The SMILES string of the molecule is COC1CN(Cc2ccc(C(=O)O)cc2C)CC1OC. The lowest BCUT2D eigenvalue weighted by Gasteiger charge is -2.17. The van der Waals surface area contributed by atoms with Gasteiger partial charge in [0.2, 0.25) is 0 Å². The summed E-state index contributed by atoms with van der Waals surface area (Å²) in [5.74, 6) is -0.889. The van der Waals surface area contributed by atoms with E-state index >= 15 is 0 Å². The minimum absolute atomic E-state index is 0.0959. The van der Waals surface area contributed by atoms with Gasteiger partial charge in [-0.15, -0.1) is 0 Å². The number of carbonyl (C=O) groups is 1. The topological polar surface area (TPSA) is 59.0 Å². The van der Waals surface area contributed by atoms with Crippen LogP contribution in [0.2, 0.25) is 0 Å². The lowest BCUT2D eigenvalue weighted by molar-refractivity contribution is -0.00461. The average molecular weight is 279 g/mol. The van der Waals surface area contributed by atoms with Crippen LogP contribution in [0.1, 0.15) is 21.5 Å². The fraction of sp³-hybridized carbons (Fsp3) is 0.533. The van der Waals surface area contributed by atoms with Crippen LogP contribution < -0.4 is 0 Å². The third-order valence-corrected chi connectivity index (χ3v) is 3.88. The molecule has 2 atom stereocenters. The number of carboxylic acids is 1. The summed E-state index contributed by atoms with van der Waals surface area (Å²) in [6.45, 7) is 4.38. The maximum absolute atomic E-state index is 10.9. The molecule has 0 saturated carbocycles. The van der Waals surface area contributed by atoms with Crippen molar-refractivity contribution in [2.24, 2.45) is 0 Å². The zero-order valence-electron chi connectivity index (χ0n) is 12.1. The van der Waals surface area contributed by atoms with Crippen LogP contribution in [0.15, 0.2) is 18.2 Å². The number of ether oxygens (including phenoxy) is 2. The number of methoxy groups -OCH3 is 2. The number of aromatic carboxylic acids is 1. The van der Waals surface area contributed by atoms with Gasteiger partial charge in [-0.05, 0) is 30.2 Å². The normalized spacial score (nSPS) is 23.1. The average Bonchev–Trinajstić information content (AvgIpc) is 2.83. The van der Waals surface area contributed by atoms with E-state index in [-0.39, 0.29) is 12.2 Å². The van der Waals surface area contributed by atoms with E-state index < -0.39 is 5.97 Å². The summed E-state index contributed by atoms with van der Waals surface area (Å²) in [5, 5.41) is 8.97. The Morgan fingerprint density at radius 3 is 2.35 bits per heavy atom. The van der Waals surface area contributed by atoms with Gasteiger partial charge >= 0.3 is 5.97 Å². The van der Waals surface area contributed by atoms with E-state index in [9.17, 15) is 4.79 Å². The van der Waals surface area contributed by atoms with Crippen molar-refractivity contribution in [1.82, 2.24) is 4.90 Å². The zero-order valence-corrected chi connectivity index (χ0v) is 12.1. The summed E-state index contributed by atoms with van der Waals surface area (Å²) in [4.78, 5) is 13.2. The molecule has 20 heavy (non-hydrogen) atoms. The smallest absolute Gasteiger partial charge is 0.335 e. The molecule has 0 spiro atoms. The van der Waals surface area contributed by atoms with E-state index in [1.54, 1.807) is 26.4 Å². The van der Waals surface area contributed by atoms with Crippen LogP contribution in [0.4, 0.5) is 0 Å². The Bertz CT molecular complexity index is 477. The lowest BCUT2D eigenvalue weighted by Crippen LogP contribution is -2.27. The van der Waals surface area contributed by atoms with Crippen molar-refractivity contribution in [3.63, 3.8) is 0 Å². The van der Waals surface area contributed by atoms with Crippen molar-refractivity contribution < 1.29 is 19.4 Å². The Kier molecular flexibility index (Phi) is 4.75. The molecule has 2 unspecified atom stereocenters. The van der Waals surface area contributed by atoms with Crippen molar-refractivity contribution in [3.05, 3.63) is 34.9 Å². The van der Waals surface area contributed by atoms with Gasteiger partial charge in [0.05, 0.1) is 17.8 Å². The Morgan fingerprint density at radius 1 is 1.30 bits per heavy atom. The van der Waals surface area contributed by atoms with Crippen LogP contribution in [0, 0.1) is 6.92 Å². The van der Waals surface area contributed by atoms with Crippen molar-refractivity contribution >= 4 is 5.97 Å². The Morgan fingerprint density at radius 2 is 1.90 bits per heavy atom. The van der Waals surface area contributed by atoms with Gasteiger partial charge < -0.3 is 14.6 Å². The standard InChI is InChI=1S/C15H21NO4/c1-10-6-11(15(17)18)4-5-12(10)7-16-8-13(19-2)14(9-16)20-3/h4-6,13-14H,7-9H2,1-3H3,(H,17,18). The summed E-state index contributed by atoms with van der Waals surface area (Å²) < 4.78 is 10.8. The summed E-state index contributed by atoms with van der Waals surface area (Å²) in [7, 11) is 3.40. The van der Waals surface area contributed by atoms with Crippen LogP contribution >= 0.6 is 0 Å². The number of likely N-dealkylation sites (tertiary alicyclic amines) is 1. The molecule has 1 aromatic carbocycles. The number of nitrogens with zero attached hydrogens (tertiary/aromatic N) is 1. The highest BCUT2D eigenvalue weighted by Gasteiger charge is 2.32. The molecule has 1 aliphatic rings. The van der Waals surface area contributed by atoms with Crippen molar-refractivity contribution in [2.45, 2.75) is 25.7 Å². The highest BCUT2D eigenvalue weighted by atomic mass is 16.5. The minimum Gasteiger partial charge on any atom is -0.478 e.